The molecule has 1 aliphatic rings. The second kappa shape index (κ2) is 10.6. The summed E-state index contributed by atoms with van der Waals surface area (Å²) in [6.07, 6.45) is 9.80. The van der Waals surface area contributed by atoms with E-state index in [9.17, 15) is 0 Å². The van der Waals surface area contributed by atoms with Crippen LogP contribution in [0.4, 0.5) is 0 Å². The SMILES string of the molecule is CCN1CCCC(C(C)NCCCCCCC(C)C)C1. The summed E-state index contributed by atoms with van der Waals surface area (Å²) >= 11 is 0. The van der Waals surface area contributed by atoms with Crippen molar-refractivity contribution in [3.05, 3.63) is 0 Å². The van der Waals surface area contributed by atoms with Crippen molar-refractivity contribution < 1.29 is 0 Å². The Morgan fingerprint density at radius 3 is 2.55 bits per heavy atom. The molecule has 2 unspecified atom stereocenters. The fourth-order valence-electron chi connectivity index (χ4n) is 3.31. The second-order valence-corrected chi connectivity index (χ2v) is 7.14. The first-order valence-corrected chi connectivity index (χ1v) is 9.09. The molecule has 1 heterocycles. The van der Waals surface area contributed by atoms with Crippen LogP contribution in [0.3, 0.4) is 0 Å². The molecule has 0 aromatic rings. The first kappa shape index (κ1) is 18.0. The number of nitrogens with one attached hydrogen (secondary N) is 1. The fraction of sp³-hybridized carbons (Fsp3) is 1.00. The zero-order chi connectivity index (χ0) is 14.8. The smallest absolute Gasteiger partial charge is 0.00792 e. The molecule has 0 spiro atoms. The predicted molar refractivity (Wildman–Crippen MR) is 90.2 cm³/mol. The van der Waals surface area contributed by atoms with E-state index >= 15 is 0 Å². The van der Waals surface area contributed by atoms with Crippen molar-refractivity contribution >= 4 is 0 Å². The number of rotatable bonds is 10. The Kier molecular flexibility index (Phi) is 9.54. The minimum absolute atomic E-state index is 0.694. The highest BCUT2D eigenvalue weighted by molar-refractivity contribution is 4.79. The van der Waals surface area contributed by atoms with E-state index in [-0.39, 0.29) is 0 Å². The molecule has 0 aromatic heterocycles. The highest BCUT2D eigenvalue weighted by Crippen LogP contribution is 2.19. The van der Waals surface area contributed by atoms with Gasteiger partial charge in [-0.15, -0.1) is 0 Å². The Morgan fingerprint density at radius 2 is 1.85 bits per heavy atom. The molecule has 1 N–H and O–H groups in total. The number of hydrogen-bond donors (Lipinski definition) is 1. The van der Waals surface area contributed by atoms with Gasteiger partial charge in [-0.1, -0.05) is 46.5 Å². The summed E-state index contributed by atoms with van der Waals surface area (Å²) in [6.45, 7) is 14.4. The van der Waals surface area contributed by atoms with Crippen molar-refractivity contribution in [2.75, 3.05) is 26.2 Å². The Morgan fingerprint density at radius 1 is 1.10 bits per heavy atom. The van der Waals surface area contributed by atoms with E-state index in [1.807, 2.05) is 0 Å². The molecule has 0 aliphatic carbocycles. The molecule has 2 nitrogen and oxygen atoms in total. The van der Waals surface area contributed by atoms with Gasteiger partial charge in [0.15, 0.2) is 0 Å². The summed E-state index contributed by atoms with van der Waals surface area (Å²) in [5.74, 6) is 1.74. The Hall–Kier alpha value is -0.0800. The van der Waals surface area contributed by atoms with E-state index in [0.29, 0.717) is 6.04 Å². The zero-order valence-corrected chi connectivity index (χ0v) is 14.5. The molecule has 2 atom stereocenters. The number of nitrogens with zero attached hydrogens (tertiary/aromatic N) is 1. The van der Waals surface area contributed by atoms with Crippen molar-refractivity contribution in [3.8, 4) is 0 Å². The van der Waals surface area contributed by atoms with Crippen molar-refractivity contribution in [1.82, 2.24) is 10.2 Å². The predicted octanol–water partition coefficient (Wildman–Crippen LogP) is 4.30. The average Bonchev–Trinajstić information content (AvgIpc) is 2.45. The summed E-state index contributed by atoms with van der Waals surface area (Å²) < 4.78 is 0. The van der Waals surface area contributed by atoms with E-state index < -0.39 is 0 Å². The van der Waals surface area contributed by atoms with Crippen LogP contribution in [0.25, 0.3) is 0 Å². The molecule has 120 valence electrons. The topological polar surface area (TPSA) is 15.3 Å². The summed E-state index contributed by atoms with van der Waals surface area (Å²) in [4.78, 5) is 2.61. The van der Waals surface area contributed by atoms with E-state index in [1.165, 1.54) is 71.1 Å². The number of hydrogen-bond acceptors (Lipinski definition) is 2. The molecule has 20 heavy (non-hydrogen) atoms. The Balaban J connectivity index is 2.00. The lowest BCUT2D eigenvalue weighted by atomic mass is 9.91. The molecule has 0 saturated carbocycles. The molecule has 0 radical (unpaired) electrons. The van der Waals surface area contributed by atoms with Gasteiger partial charge >= 0.3 is 0 Å². The first-order valence-electron chi connectivity index (χ1n) is 9.09. The van der Waals surface area contributed by atoms with Gasteiger partial charge in [-0.05, 0) is 57.7 Å². The first-order chi connectivity index (χ1) is 9.63. The largest absolute Gasteiger partial charge is 0.314 e. The van der Waals surface area contributed by atoms with Gasteiger partial charge in [0.05, 0.1) is 0 Å². The molecule has 1 saturated heterocycles. The fourth-order valence-corrected chi connectivity index (χ4v) is 3.31. The normalized spacial score (nSPS) is 22.4. The average molecular weight is 283 g/mol. The summed E-state index contributed by atoms with van der Waals surface area (Å²) in [7, 11) is 0. The molecule has 0 bridgehead atoms. The van der Waals surface area contributed by atoms with Crippen LogP contribution in [0.15, 0.2) is 0 Å². The molecule has 2 heteroatoms. The molecule has 1 aliphatic heterocycles. The van der Waals surface area contributed by atoms with Gasteiger partial charge in [-0.3, -0.25) is 0 Å². The minimum atomic E-state index is 0.694. The number of piperidine rings is 1. The molecular formula is C18H38N2. The molecule has 1 fully saturated rings. The monoisotopic (exact) mass is 282 g/mol. The van der Waals surface area contributed by atoms with Crippen LogP contribution in [-0.4, -0.2) is 37.1 Å². The van der Waals surface area contributed by atoms with Crippen LogP contribution in [0.5, 0.6) is 0 Å². The van der Waals surface area contributed by atoms with Crippen LogP contribution in [0.1, 0.15) is 72.6 Å². The molecule has 0 aromatic carbocycles. The number of unbranched alkanes of at least 4 members (excludes halogenated alkanes) is 3. The molecule has 0 amide bonds. The summed E-state index contributed by atoms with van der Waals surface area (Å²) in [5.41, 5.74) is 0. The molecular weight excluding hydrogens is 244 g/mol. The third-order valence-corrected chi connectivity index (χ3v) is 4.87. The van der Waals surface area contributed by atoms with E-state index in [2.05, 4.69) is 37.9 Å². The van der Waals surface area contributed by atoms with Crippen molar-refractivity contribution in [1.29, 1.82) is 0 Å². The maximum atomic E-state index is 3.77. The minimum Gasteiger partial charge on any atom is -0.314 e. The third kappa shape index (κ3) is 7.64. The van der Waals surface area contributed by atoms with Gasteiger partial charge in [0, 0.05) is 12.6 Å². The highest BCUT2D eigenvalue weighted by Gasteiger charge is 2.23. The van der Waals surface area contributed by atoms with Gasteiger partial charge < -0.3 is 10.2 Å². The van der Waals surface area contributed by atoms with Gasteiger partial charge in [0.25, 0.3) is 0 Å². The maximum absolute atomic E-state index is 3.77. The van der Waals surface area contributed by atoms with Crippen LogP contribution >= 0.6 is 0 Å². The van der Waals surface area contributed by atoms with Crippen molar-refractivity contribution in [2.45, 2.75) is 78.7 Å². The zero-order valence-electron chi connectivity index (χ0n) is 14.5. The van der Waals surface area contributed by atoms with Crippen LogP contribution < -0.4 is 5.32 Å². The van der Waals surface area contributed by atoms with E-state index in [4.69, 9.17) is 0 Å². The van der Waals surface area contributed by atoms with Crippen LogP contribution in [-0.2, 0) is 0 Å². The standard InChI is InChI=1S/C18H38N2/c1-5-20-14-10-12-18(15-20)17(4)19-13-9-7-6-8-11-16(2)3/h16-19H,5-15H2,1-4H3. The lowest BCUT2D eigenvalue weighted by Gasteiger charge is -2.35. The number of likely N-dealkylation sites (tertiary alicyclic amines) is 1. The maximum Gasteiger partial charge on any atom is 0.00792 e. The quantitative estimate of drug-likeness (QED) is 0.601. The van der Waals surface area contributed by atoms with Gasteiger partial charge in [-0.25, -0.2) is 0 Å². The van der Waals surface area contributed by atoms with Gasteiger partial charge in [0.2, 0.25) is 0 Å². The van der Waals surface area contributed by atoms with Crippen LogP contribution in [0.2, 0.25) is 0 Å². The third-order valence-electron chi connectivity index (χ3n) is 4.87. The Labute approximate surface area is 127 Å². The lowest BCUT2D eigenvalue weighted by Crippen LogP contribution is -2.44. The van der Waals surface area contributed by atoms with Crippen LogP contribution in [0, 0.1) is 11.8 Å². The van der Waals surface area contributed by atoms with E-state index in [1.54, 1.807) is 0 Å². The highest BCUT2D eigenvalue weighted by atomic mass is 15.1. The molecule has 1 rings (SSSR count). The van der Waals surface area contributed by atoms with E-state index in [0.717, 1.165) is 11.8 Å². The van der Waals surface area contributed by atoms with Crippen molar-refractivity contribution in [3.63, 3.8) is 0 Å². The lowest BCUT2D eigenvalue weighted by molar-refractivity contribution is 0.157. The van der Waals surface area contributed by atoms with Gasteiger partial charge in [-0.2, -0.15) is 0 Å². The second-order valence-electron chi connectivity index (χ2n) is 7.14. The summed E-state index contributed by atoms with van der Waals surface area (Å²) in [5, 5.41) is 3.77. The Bertz CT molecular complexity index is 227. The van der Waals surface area contributed by atoms with Gasteiger partial charge in [0.1, 0.15) is 0 Å². The summed E-state index contributed by atoms with van der Waals surface area (Å²) in [6, 6.07) is 0.694. The van der Waals surface area contributed by atoms with Crippen molar-refractivity contribution in [2.24, 2.45) is 11.8 Å².